The zero-order chi connectivity index (χ0) is 19.3. The van der Waals surface area contributed by atoms with Crippen LogP contribution in [0.3, 0.4) is 0 Å². The SMILES string of the molecule is CCOC(=O)CC(O)CC(O)CCC1(O)C(C)C=CC2=CC(C)CCC21. The maximum Gasteiger partial charge on any atom is 0.308 e. The fourth-order valence-corrected chi connectivity index (χ4v) is 4.30. The molecule has 3 N–H and O–H groups in total. The molecule has 2 rings (SSSR count). The first kappa shape index (κ1) is 21.1. The van der Waals surface area contributed by atoms with Crippen LogP contribution in [0, 0.1) is 17.8 Å². The van der Waals surface area contributed by atoms with Gasteiger partial charge in [-0.1, -0.05) is 32.1 Å². The Bertz CT molecular complexity index is 541. The number of allylic oxidation sites excluding steroid dienone is 2. The molecule has 0 aromatic rings. The van der Waals surface area contributed by atoms with Crippen molar-refractivity contribution in [3.8, 4) is 0 Å². The van der Waals surface area contributed by atoms with Crippen LogP contribution in [0.15, 0.2) is 23.8 Å². The number of aliphatic hydroxyl groups is 3. The van der Waals surface area contributed by atoms with Gasteiger partial charge < -0.3 is 20.1 Å². The van der Waals surface area contributed by atoms with E-state index in [2.05, 4.69) is 25.2 Å². The lowest BCUT2D eigenvalue weighted by Gasteiger charge is -2.46. The Hall–Kier alpha value is -1.17. The monoisotopic (exact) mass is 366 g/mol. The van der Waals surface area contributed by atoms with Gasteiger partial charge in [-0.2, -0.15) is 0 Å². The van der Waals surface area contributed by atoms with Gasteiger partial charge in [-0.25, -0.2) is 0 Å². The van der Waals surface area contributed by atoms with Gasteiger partial charge in [0.25, 0.3) is 0 Å². The summed E-state index contributed by atoms with van der Waals surface area (Å²) >= 11 is 0. The molecule has 6 unspecified atom stereocenters. The highest BCUT2D eigenvalue weighted by Gasteiger charge is 2.45. The summed E-state index contributed by atoms with van der Waals surface area (Å²) < 4.78 is 4.81. The molecule has 0 saturated heterocycles. The van der Waals surface area contributed by atoms with Crippen molar-refractivity contribution in [2.45, 2.75) is 77.1 Å². The topological polar surface area (TPSA) is 87.0 Å². The maximum absolute atomic E-state index is 11.4. The molecule has 0 bridgehead atoms. The Kier molecular flexibility index (Phi) is 7.44. The predicted octanol–water partition coefficient (Wildman–Crippen LogP) is 2.74. The third-order valence-electron chi connectivity index (χ3n) is 5.89. The van der Waals surface area contributed by atoms with Crippen LogP contribution >= 0.6 is 0 Å². The van der Waals surface area contributed by atoms with E-state index < -0.39 is 23.8 Å². The number of hydrogen-bond acceptors (Lipinski definition) is 5. The Morgan fingerprint density at radius 2 is 2.04 bits per heavy atom. The Balaban J connectivity index is 1.91. The molecule has 5 heteroatoms. The Morgan fingerprint density at radius 3 is 2.73 bits per heavy atom. The van der Waals surface area contributed by atoms with Crippen molar-refractivity contribution in [2.24, 2.45) is 17.8 Å². The van der Waals surface area contributed by atoms with E-state index in [9.17, 15) is 20.1 Å². The van der Waals surface area contributed by atoms with Crippen LogP contribution in [0.25, 0.3) is 0 Å². The molecule has 0 aromatic carbocycles. The third-order valence-corrected chi connectivity index (χ3v) is 5.89. The van der Waals surface area contributed by atoms with Crippen molar-refractivity contribution in [1.82, 2.24) is 0 Å². The highest BCUT2D eigenvalue weighted by atomic mass is 16.5. The van der Waals surface area contributed by atoms with Crippen molar-refractivity contribution in [3.63, 3.8) is 0 Å². The molecular weight excluding hydrogens is 332 g/mol. The van der Waals surface area contributed by atoms with Crippen molar-refractivity contribution < 1.29 is 24.9 Å². The van der Waals surface area contributed by atoms with Gasteiger partial charge in [-0.3, -0.25) is 4.79 Å². The first-order valence-electron chi connectivity index (χ1n) is 9.90. The fourth-order valence-electron chi connectivity index (χ4n) is 4.30. The van der Waals surface area contributed by atoms with Gasteiger partial charge in [0, 0.05) is 11.8 Å². The Morgan fingerprint density at radius 1 is 1.31 bits per heavy atom. The second kappa shape index (κ2) is 9.16. The van der Waals surface area contributed by atoms with Crippen molar-refractivity contribution in [2.75, 3.05) is 6.61 Å². The maximum atomic E-state index is 11.4. The molecule has 0 fully saturated rings. The lowest BCUT2D eigenvalue weighted by Crippen LogP contribution is -2.47. The largest absolute Gasteiger partial charge is 0.466 e. The van der Waals surface area contributed by atoms with Gasteiger partial charge in [0.05, 0.1) is 30.8 Å². The summed E-state index contributed by atoms with van der Waals surface area (Å²) in [6.45, 7) is 6.22. The van der Waals surface area contributed by atoms with Gasteiger partial charge in [-0.15, -0.1) is 0 Å². The van der Waals surface area contributed by atoms with Gasteiger partial charge in [-0.05, 0) is 50.5 Å². The van der Waals surface area contributed by atoms with E-state index in [1.807, 2.05) is 6.92 Å². The number of esters is 1. The molecule has 0 saturated carbocycles. The van der Waals surface area contributed by atoms with E-state index in [-0.39, 0.29) is 31.3 Å². The summed E-state index contributed by atoms with van der Waals surface area (Å²) in [5, 5.41) is 31.6. The van der Waals surface area contributed by atoms with Crippen LogP contribution < -0.4 is 0 Å². The molecule has 5 nitrogen and oxygen atoms in total. The quantitative estimate of drug-likeness (QED) is 0.575. The predicted molar refractivity (Wildman–Crippen MR) is 100 cm³/mol. The summed E-state index contributed by atoms with van der Waals surface area (Å²) in [6.07, 6.45) is 7.67. The van der Waals surface area contributed by atoms with Crippen LogP contribution in [-0.4, -0.2) is 45.7 Å². The van der Waals surface area contributed by atoms with Gasteiger partial charge in [0.1, 0.15) is 0 Å². The molecule has 0 radical (unpaired) electrons. The summed E-state index contributed by atoms with van der Waals surface area (Å²) in [5.74, 6) is 0.209. The van der Waals surface area contributed by atoms with Crippen molar-refractivity contribution in [3.05, 3.63) is 23.8 Å². The minimum Gasteiger partial charge on any atom is -0.466 e. The van der Waals surface area contributed by atoms with E-state index >= 15 is 0 Å². The van der Waals surface area contributed by atoms with Crippen molar-refractivity contribution >= 4 is 5.97 Å². The number of fused-ring (bicyclic) bond motifs is 1. The second-order valence-electron chi connectivity index (χ2n) is 8.00. The van der Waals surface area contributed by atoms with Crippen LogP contribution in [0.4, 0.5) is 0 Å². The minimum atomic E-state index is -0.923. The molecule has 2 aliphatic carbocycles. The number of carbonyl (C=O) groups is 1. The summed E-state index contributed by atoms with van der Waals surface area (Å²) in [7, 11) is 0. The van der Waals surface area contributed by atoms with Crippen LogP contribution in [-0.2, 0) is 9.53 Å². The van der Waals surface area contributed by atoms with E-state index in [1.165, 1.54) is 5.57 Å². The zero-order valence-corrected chi connectivity index (χ0v) is 16.2. The lowest BCUT2D eigenvalue weighted by molar-refractivity contribution is -0.145. The molecule has 148 valence electrons. The molecule has 0 amide bonds. The first-order valence-corrected chi connectivity index (χ1v) is 9.90. The minimum absolute atomic E-state index is 0.0229. The molecule has 26 heavy (non-hydrogen) atoms. The molecule has 0 heterocycles. The normalized spacial score (nSPS) is 33.2. The Labute approximate surface area is 156 Å². The average Bonchev–Trinajstić information content (AvgIpc) is 2.56. The van der Waals surface area contributed by atoms with E-state index in [0.717, 1.165) is 12.8 Å². The highest BCUT2D eigenvalue weighted by Crippen LogP contribution is 2.46. The number of hydrogen-bond donors (Lipinski definition) is 3. The number of carbonyl (C=O) groups excluding carboxylic acids is 1. The second-order valence-corrected chi connectivity index (χ2v) is 8.00. The smallest absolute Gasteiger partial charge is 0.308 e. The first-order chi connectivity index (χ1) is 12.3. The summed E-state index contributed by atoms with van der Waals surface area (Å²) in [6, 6.07) is 0. The van der Waals surface area contributed by atoms with E-state index in [0.29, 0.717) is 18.8 Å². The zero-order valence-electron chi connectivity index (χ0n) is 16.2. The van der Waals surface area contributed by atoms with Crippen LogP contribution in [0.1, 0.15) is 59.3 Å². The van der Waals surface area contributed by atoms with Gasteiger partial charge >= 0.3 is 5.97 Å². The summed E-state index contributed by atoms with van der Waals surface area (Å²) in [5.41, 5.74) is 0.342. The standard InChI is InChI=1S/C21H34O5/c1-4-26-20(24)13-18(23)12-17(22)9-10-21(25)15(3)6-7-16-11-14(2)5-8-19(16)21/h6-7,11,14-15,17-19,22-23,25H,4-5,8-10,12-13H2,1-3H3. The molecule has 6 atom stereocenters. The van der Waals surface area contributed by atoms with Crippen molar-refractivity contribution in [1.29, 1.82) is 0 Å². The number of rotatable bonds is 8. The van der Waals surface area contributed by atoms with E-state index in [1.54, 1.807) is 6.92 Å². The average molecular weight is 366 g/mol. The lowest BCUT2D eigenvalue weighted by atomic mass is 9.63. The molecular formula is C21H34O5. The molecule has 0 aromatic heterocycles. The summed E-state index contributed by atoms with van der Waals surface area (Å²) in [4.78, 5) is 11.4. The number of ether oxygens (including phenoxy) is 1. The van der Waals surface area contributed by atoms with Crippen LogP contribution in [0.2, 0.25) is 0 Å². The molecule has 2 aliphatic rings. The van der Waals surface area contributed by atoms with Gasteiger partial charge in [0.2, 0.25) is 0 Å². The molecule has 0 spiro atoms. The fraction of sp³-hybridized carbons (Fsp3) is 0.762. The molecule has 0 aliphatic heterocycles. The van der Waals surface area contributed by atoms with Gasteiger partial charge in [0.15, 0.2) is 0 Å². The highest BCUT2D eigenvalue weighted by molar-refractivity contribution is 5.69. The van der Waals surface area contributed by atoms with E-state index in [4.69, 9.17) is 4.74 Å². The number of aliphatic hydroxyl groups excluding tert-OH is 2. The van der Waals surface area contributed by atoms with Crippen LogP contribution in [0.5, 0.6) is 0 Å². The third kappa shape index (κ3) is 5.18.